The number of esters is 2. The van der Waals surface area contributed by atoms with E-state index in [0.717, 1.165) is 0 Å². The summed E-state index contributed by atoms with van der Waals surface area (Å²) < 4.78 is 9.94. The zero-order valence-corrected chi connectivity index (χ0v) is 13.9. The second kappa shape index (κ2) is 7.00. The highest BCUT2D eigenvalue weighted by Crippen LogP contribution is 2.45. The number of halogens is 1. The summed E-state index contributed by atoms with van der Waals surface area (Å²) in [4.78, 5) is 38.6. The van der Waals surface area contributed by atoms with Crippen molar-refractivity contribution >= 4 is 35.1 Å². The highest BCUT2D eigenvalue weighted by molar-refractivity contribution is 6.33. The number of carbonyl (C=O) groups is 3. The first-order valence-electron chi connectivity index (χ1n) is 7.33. The van der Waals surface area contributed by atoms with Crippen LogP contribution in [0.1, 0.15) is 25.3 Å². The van der Waals surface area contributed by atoms with Gasteiger partial charge in [-0.15, -0.1) is 0 Å². The highest BCUT2D eigenvalue weighted by atomic mass is 35.5. The topological polar surface area (TPSA) is 72.9 Å². The third-order valence-corrected chi connectivity index (χ3v) is 4.04. The van der Waals surface area contributed by atoms with Crippen LogP contribution < -0.4 is 4.90 Å². The summed E-state index contributed by atoms with van der Waals surface area (Å²) >= 11 is 6.22. The van der Waals surface area contributed by atoms with Crippen molar-refractivity contribution in [3.63, 3.8) is 0 Å². The van der Waals surface area contributed by atoms with Crippen LogP contribution >= 0.6 is 11.6 Å². The Bertz CT molecular complexity index is 627. The monoisotopic (exact) mass is 339 g/mol. The highest BCUT2D eigenvalue weighted by Gasteiger charge is 2.49. The van der Waals surface area contributed by atoms with Crippen molar-refractivity contribution in [2.45, 2.75) is 19.8 Å². The molecule has 0 aliphatic carbocycles. The van der Waals surface area contributed by atoms with Gasteiger partial charge in [-0.3, -0.25) is 14.4 Å². The van der Waals surface area contributed by atoms with Crippen LogP contribution in [0.25, 0.3) is 0 Å². The number of ether oxygens (including phenoxy) is 2. The number of anilines is 1. The Hall–Kier alpha value is -2.08. The molecule has 1 aliphatic rings. The summed E-state index contributed by atoms with van der Waals surface area (Å²) in [5, 5.41) is 0.323. The lowest BCUT2D eigenvalue weighted by atomic mass is 9.86. The van der Waals surface area contributed by atoms with Crippen LogP contribution in [0, 0.1) is 5.92 Å². The van der Waals surface area contributed by atoms with Gasteiger partial charge < -0.3 is 14.4 Å². The molecule has 0 saturated carbocycles. The van der Waals surface area contributed by atoms with Crippen molar-refractivity contribution < 1.29 is 23.9 Å². The van der Waals surface area contributed by atoms with Gasteiger partial charge in [0.1, 0.15) is 0 Å². The van der Waals surface area contributed by atoms with Crippen molar-refractivity contribution in [3.8, 4) is 0 Å². The fourth-order valence-corrected chi connectivity index (χ4v) is 3.01. The summed E-state index contributed by atoms with van der Waals surface area (Å²) in [6.07, 6.45) is 0. The van der Waals surface area contributed by atoms with Crippen LogP contribution in [-0.2, 0) is 23.9 Å². The fourth-order valence-electron chi connectivity index (χ4n) is 2.72. The molecular formula is C16H18ClNO5. The number of carbonyl (C=O) groups excluding carboxylic acids is 3. The Morgan fingerprint density at radius 1 is 1.22 bits per heavy atom. The zero-order chi connectivity index (χ0) is 17.1. The quantitative estimate of drug-likeness (QED) is 0.607. The molecule has 1 amide bonds. The van der Waals surface area contributed by atoms with Crippen molar-refractivity contribution in [3.05, 3.63) is 28.8 Å². The molecule has 23 heavy (non-hydrogen) atoms. The number of hydrogen-bond acceptors (Lipinski definition) is 5. The number of hydrogen-bond donors (Lipinski definition) is 0. The van der Waals surface area contributed by atoms with Gasteiger partial charge in [-0.05, 0) is 26.0 Å². The minimum atomic E-state index is -1.37. The van der Waals surface area contributed by atoms with Gasteiger partial charge in [0.2, 0.25) is 5.91 Å². The van der Waals surface area contributed by atoms with E-state index in [0.29, 0.717) is 16.3 Å². The molecule has 1 aromatic rings. The lowest BCUT2D eigenvalue weighted by molar-refractivity contribution is -0.164. The van der Waals surface area contributed by atoms with Gasteiger partial charge >= 0.3 is 11.9 Å². The van der Waals surface area contributed by atoms with E-state index in [1.54, 1.807) is 39.1 Å². The molecule has 2 rings (SSSR count). The molecule has 0 radical (unpaired) electrons. The smallest absolute Gasteiger partial charge is 0.321 e. The third-order valence-electron chi connectivity index (χ3n) is 3.71. The molecule has 0 fully saturated rings. The van der Waals surface area contributed by atoms with Gasteiger partial charge in [0.05, 0.1) is 19.1 Å². The maximum atomic E-state index is 12.6. The Morgan fingerprint density at radius 3 is 2.30 bits per heavy atom. The molecule has 1 aromatic carbocycles. The predicted octanol–water partition coefficient (Wildman–Crippen LogP) is 2.14. The molecule has 1 unspecified atom stereocenters. The van der Waals surface area contributed by atoms with E-state index in [1.165, 1.54) is 4.90 Å². The lowest BCUT2D eigenvalue weighted by Gasteiger charge is -2.20. The molecule has 1 heterocycles. The molecule has 0 saturated heterocycles. The summed E-state index contributed by atoms with van der Waals surface area (Å²) in [6.45, 7) is 3.45. The van der Waals surface area contributed by atoms with E-state index in [2.05, 4.69) is 0 Å². The van der Waals surface area contributed by atoms with Crippen LogP contribution in [0.4, 0.5) is 5.69 Å². The second-order valence-corrected chi connectivity index (χ2v) is 5.44. The van der Waals surface area contributed by atoms with Gasteiger partial charge in [-0.25, -0.2) is 0 Å². The summed E-state index contributed by atoms with van der Waals surface area (Å²) in [5.74, 6) is -4.37. The molecule has 6 nitrogen and oxygen atoms in total. The number of fused-ring (bicyclic) bond motifs is 1. The number of benzene rings is 1. The number of nitrogens with zero attached hydrogens (tertiary/aromatic N) is 1. The Labute approximate surface area is 139 Å². The lowest BCUT2D eigenvalue weighted by Crippen LogP contribution is -2.38. The summed E-state index contributed by atoms with van der Waals surface area (Å²) in [6, 6.07) is 5.04. The van der Waals surface area contributed by atoms with Gasteiger partial charge in [-0.1, -0.05) is 17.7 Å². The molecule has 0 aromatic heterocycles. The van der Waals surface area contributed by atoms with Gasteiger partial charge in [0, 0.05) is 23.3 Å². The maximum Gasteiger partial charge on any atom is 0.321 e. The average molecular weight is 340 g/mol. The Balaban J connectivity index is 2.53. The minimum Gasteiger partial charge on any atom is -0.465 e. The molecule has 0 N–H and O–H groups in total. The molecule has 1 atom stereocenters. The van der Waals surface area contributed by atoms with E-state index < -0.39 is 23.8 Å². The summed E-state index contributed by atoms with van der Waals surface area (Å²) in [7, 11) is 1.57. The standard InChI is InChI=1S/C16H18ClNO5/c1-4-22-15(20)13(16(21)23-5-2)12-11-9(17)7-6-8-10(11)18(3)14(12)19/h6-8,12-13H,4-5H2,1-3H3. The van der Waals surface area contributed by atoms with Gasteiger partial charge in [0.25, 0.3) is 0 Å². The first-order chi connectivity index (χ1) is 10.9. The molecule has 0 spiro atoms. The van der Waals surface area contributed by atoms with Crippen molar-refractivity contribution in [1.82, 2.24) is 0 Å². The normalized spacial score (nSPS) is 16.5. The maximum absolute atomic E-state index is 12.6. The second-order valence-electron chi connectivity index (χ2n) is 5.03. The largest absolute Gasteiger partial charge is 0.465 e. The first-order valence-corrected chi connectivity index (χ1v) is 7.71. The fraction of sp³-hybridized carbons (Fsp3) is 0.438. The SMILES string of the molecule is CCOC(=O)C(C(=O)OCC)C1C(=O)N(C)c2cccc(Cl)c21. The molecule has 0 bridgehead atoms. The van der Waals surface area contributed by atoms with Crippen molar-refractivity contribution in [1.29, 1.82) is 0 Å². The number of amides is 1. The Kier molecular flexibility index (Phi) is 5.26. The first kappa shape index (κ1) is 17.3. The zero-order valence-electron chi connectivity index (χ0n) is 13.2. The van der Waals surface area contributed by atoms with Crippen molar-refractivity contribution in [2.24, 2.45) is 5.92 Å². The predicted molar refractivity (Wildman–Crippen MR) is 84.4 cm³/mol. The average Bonchev–Trinajstić information content (AvgIpc) is 2.75. The summed E-state index contributed by atoms with van der Waals surface area (Å²) in [5.41, 5.74) is 1.03. The van der Waals surface area contributed by atoms with E-state index in [-0.39, 0.29) is 19.1 Å². The van der Waals surface area contributed by atoms with Crippen LogP contribution in [0.3, 0.4) is 0 Å². The molecule has 1 aliphatic heterocycles. The van der Waals surface area contributed by atoms with E-state index in [9.17, 15) is 14.4 Å². The van der Waals surface area contributed by atoms with Crippen LogP contribution in [0.2, 0.25) is 5.02 Å². The molecular weight excluding hydrogens is 322 g/mol. The van der Waals surface area contributed by atoms with Gasteiger partial charge in [-0.2, -0.15) is 0 Å². The van der Waals surface area contributed by atoms with Crippen LogP contribution in [0.5, 0.6) is 0 Å². The number of rotatable bonds is 5. The van der Waals surface area contributed by atoms with E-state index >= 15 is 0 Å². The molecule has 7 heteroatoms. The minimum absolute atomic E-state index is 0.0981. The number of likely N-dealkylation sites (N-methyl/N-ethyl adjacent to an activating group) is 1. The molecule has 124 valence electrons. The van der Waals surface area contributed by atoms with Crippen molar-refractivity contribution in [2.75, 3.05) is 25.2 Å². The van der Waals surface area contributed by atoms with Gasteiger partial charge in [0.15, 0.2) is 5.92 Å². The van der Waals surface area contributed by atoms with Crippen LogP contribution in [-0.4, -0.2) is 38.1 Å². The third kappa shape index (κ3) is 3.03. The van der Waals surface area contributed by atoms with Crippen LogP contribution in [0.15, 0.2) is 18.2 Å². The Morgan fingerprint density at radius 2 is 1.78 bits per heavy atom. The van der Waals surface area contributed by atoms with E-state index in [4.69, 9.17) is 21.1 Å². The van der Waals surface area contributed by atoms with E-state index in [1.807, 2.05) is 0 Å².